The lowest BCUT2D eigenvalue weighted by Gasteiger charge is -2.04. The van der Waals surface area contributed by atoms with Gasteiger partial charge in [-0.1, -0.05) is 36.8 Å². The molecule has 3 heteroatoms. The number of hydrogen-bond donors (Lipinski definition) is 2. The second-order valence-electron chi connectivity index (χ2n) is 4.19. The van der Waals surface area contributed by atoms with Crippen LogP contribution >= 0.6 is 0 Å². The fraction of sp³-hybridized carbons (Fsp3) is 0.500. The van der Waals surface area contributed by atoms with Crippen molar-refractivity contribution in [2.75, 3.05) is 13.1 Å². The number of benzene rings is 1. The van der Waals surface area contributed by atoms with Crippen molar-refractivity contribution in [1.29, 1.82) is 0 Å². The molecule has 0 atom stereocenters. The van der Waals surface area contributed by atoms with E-state index >= 15 is 0 Å². The van der Waals surface area contributed by atoms with Gasteiger partial charge in [-0.15, -0.1) is 0 Å². The van der Waals surface area contributed by atoms with E-state index in [9.17, 15) is 4.79 Å². The summed E-state index contributed by atoms with van der Waals surface area (Å²) in [7, 11) is 0. The highest BCUT2D eigenvalue weighted by Gasteiger charge is 1.96. The van der Waals surface area contributed by atoms with E-state index in [0.29, 0.717) is 6.42 Å². The number of nitrogens with one attached hydrogen (secondary N) is 1. The van der Waals surface area contributed by atoms with Crippen molar-refractivity contribution in [3.05, 3.63) is 35.9 Å². The van der Waals surface area contributed by atoms with E-state index in [1.165, 1.54) is 5.56 Å². The van der Waals surface area contributed by atoms with Gasteiger partial charge < -0.3 is 10.4 Å². The smallest absolute Gasteiger partial charge is 0.303 e. The molecule has 0 amide bonds. The molecule has 3 nitrogen and oxygen atoms in total. The molecule has 0 radical (unpaired) electrons. The number of hydrogen-bond acceptors (Lipinski definition) is 2. The summed E-state index contributed by atoms with van der Waals surface area (Å²) < 4.78 is 0. The first-order valence-electron chi connectivity index (χ1n) is 6.25. The molecule has 0 aliphatic rings. The number of rotatable bonds is 9. The predicted molar refractivity (Wildman–Crippen MR) is 69.1 cm³/mol. The first kappa shape index (κ1) is 13.7. The average Bonchev–Trinajstić information content (AvgIpc) is 2.33. The quantitative estimate of drug-likeness (QED) is 0.646. The van der Waals surface area contributed by atoms with Gasteiger partial charge in [0.05, 0.1) is 0 Å². The maximum absolute atomic E-state index is 10.3. The molecule has 2 N–H and O–H groups in total. The summed E-state index contributed by atoms with van der Waals surface area (Å²) in [6, 6.07) is 10.4. The lowest BCUT2D eigenvalue weighted by molar-refractivity contribution is -0.137. The standard InChI is InChI=1S/C14H21NO2/c16-14(17)9-5-2-6-11-15-12-10-13-7-3-1-4-8-13/h1,3-4,7-8,15H,2,5-6,9-12H2,(H,16,17). The van der Waals surface area contributed by atoms with Crippen molar-refractivity contribution in [2.45, 2.75) is 32.1 Å². The van der Waals surface area contributed by atoms with Crippen molar-refractivity contribution in [3.8, 4) is 0 Å². The van der Waals surface area contributed by atoms with Gasteiger partial charge in [0, 0.05) is 6.42 Å². The fourth-order valence-electron chi connectivity index (χ4n) is 1.71. The molecule has 0 spiro atoms. The highest BCUT2D eigenvalue weighted by Crippen LogP contribution is 2.00. The Kier molecular flexibility index (Phi) is 7.07. The third-order valence-corrected chi connectivity index (χ3v) is 2.68. The Labute approximate surface area is 103 Å². The molecule has 0 unspecified atom stereocenters. The van der Waals surface area contributed by atoms with Crippen molar-refractivity contribution < 1.29 is 9.90 Å². The Morgan fingerprint density at radius 2 is 1.82 bits per heavy atom. The molecule has 0 saturated heterocycles. The molecule has 1 rings (SSSR count). The maximum Gasteiger partial charge on any atom is 0.303 e. The molecule has 1 aromatic carbocycles. The Balaban J connectivity index is 1.90. The Morgan fingerprint density at radius 3 is 2.53 bits per heavy atom. The van der Waals surface area contributed by atoms with E-state index in [1.54, 1.807) is 0 Å². The highest BCUT2D eigenvalue weighted by molar-refractivity contribution is 5.66. The normalized spacial score (nSPS) is 10.4. The van der Waals surface area contributed by atoms with Gasteiger partial charge in [0.1, 0.15) is 0 Å². The Bertz CT molecular complexity index is 311. The number of carboxylic acids is 1. The van der Waals surface area contributed by atoms with Crippen LogP contribution in [0, 0.1) is 0 Å². The minimum Gasteiger partial charge on any atom is -0.481 e. The van der Waals surface area contributed by atoms with Crippen molar-refractivity contribution >= 4 is 5.97 Å². The Hall–Kier alpha value is -1.35. The molecule has 1 aromatic rings. The third kappa shape index (κ3) is 7.53. The van der Waals surface area contributed by atoms with Gasteiger partial charge in [-0.05, 0) is 37.9 Å². The molecule has 0 aliphatic heterocycles. The summed E-state index contributed by atoms with van der Waals surface area (Å²) in [5, 5.41) is 11.8. The van der Waals surface area contributed by atoms with Gasteiger partial charge in [-0.2, -0.15) is 0 Å². The molecule has 0 bridgehead atoms. The second-order valence-corrected chi connectivity index (χ2v) is 4.19. The van der Waals surface area contributed by atoms with Crippen LogP contribution in [-0.4, -0.2) is 24.2 Å². The third-order valence-electron chi connectivity index (χ3n) is 2.68. The summed E-state index contributed by atoms with van der Waals surface area (Å²) in [5.41, 5.74) is 1.35. The van der Waals surface area contributed by atoms with Gasteiger partial charge in [0.25, 0.3) is 0 Å². The number of aliphatic carboxylic acids is 1. The van der Waals surface area contributed by atoms with Crippen LogP contribution in [0.1, 0.15) is 31.2 Å². The molecule has 0 heterocycles. The van der Waals surface area contributed by atoms with E-state index < -0.39 is 5.97 Å². The van der Waals surface area contributed by atoms with Crippen LogP contribution in [0.5, 0.6) is 0 Å². The number of carbonyl (C=O) groups is 1. The minimum absolute atomic E-state index is 0.296. The van der Waals surface area contributed by atoms with E-state index in [2.05, 4.69) is 29.6 Å². The highest BCUT2D eigenvalue weighted by atomic mass is 16.4. The molecule has 0 fully saturated rings. The number of carboxylic acid groups (broad SMARTS) is 1. The first-order chi connectivity index (χ1) is 8.29. The van der Waals surface area contributed by atoms with Crippen LogP contribution in [0.15, 0.2) is 30.3 Å². The lowest BCUT2D eigenvalue weighted by atomic mass is 10.1. The van der Waals surface area contributed by atoms with Crippen LogP contribution < -0.4 is 5.32 Å². The molecule has 0 aromatic heterocycles. The zero-order valence-electron chi connectivity index (χ0n) is 10.2. The lowest BCUT2D eigenvalue weighted by Crippen LogP contribution is -2.18. The summed E-state index contributed by atoms with van der Waals surface area (Å²) >= 11 is 0. The van der Waals surface area contributed by atoms with Crippen LogP contribution in [0.3, 0.4) is 0 Å². The van der Waals surface area contributed by atoms with Crippen LogP contribution in [-0.2, 0) is 11.2 Å². The van der Waals surface area contributed by atoms with Crippen LogP contribution in [0.4, 0.5) is 0 Å². The van der Waals surface area contributed by atoms with Crippen LogP contribution in [0.2, 0.25) is 0 Å². The fourth-order valence-corrected chi connectivity index (χ4v) is 1.71. The van der Waals surface area contributed by atoms with E-state index in [-0.39, 0.29) is 0 Å². The van der Waals surface area contributed by atoms with Gasteiger partial charge in [-0.3, -0.25) is 4.79 Å². The van der Waals surface area contributed by atoms with Gasteiger partial charge >= 0.3 is 5.97 Å². The molecule has 0 saturated carbocycles. The van der Waals surface area contributed by atoms with Gasteiger partial charge in [-0.25, -0.2) is 0 Å². The van der Waals surface area contributed by atoms with Crippen LogP contribution in [0.25, 0.3) is 0 Å². The molecular weight excluding hydrogens is 214 g/mol. The molecule has 17 heavy (non-hydrogen) atoms. The van der Waals surface area contributed by atoms with Gasteiger partial charge in [0.2, 0.25) is 0 Å². The zero-order valence-corrected chi connectivity index (χ0v) is 10.2. The SMILES string of the molecule is O=C(O)CCCCCNCCc1ccccc1. The average molecular weight is 235 g/mol. The predicted octanol–water partition coefficient (Wildman–Crippen LogP) is 2.46. The molecule has 0 aliphatic carbocycles. The van der Waals surface area contributed by atoms with Crippen molar-refractivity contribution in [3.63, 3.8) is 0 Å². The summed E-state index contributed by atoms with van der Waals surface area (Å²) in [6.45, 7) is 1.97. The molecule has 94 valence electrons. The van der Waals surface area contributed by atoms with E-state index in [1.807, 2.05) is 6.07 Å². The first-order valence-corrected chi connectivity index (χ1v) is 6.25. The maximum atomic E-state index is 10.3. The van der Waals surface area contributed by atoms with E-state index in [4.69, 9.17) is 5.11 Å². The van der Waals surface area contributed by atoms with E-state index in [0.717, 1.165) is 38.8 Å². The number of unbranched alkanes of at least 4 members (excludes halogenated alkanes) is 2. The van der Waals surface area contributed by atoms with Crippen molar-refractivity contribution in [2.24, 2.45) is 0 Å². The topological polar surface area (TPSA) is 49.3 Å². The monoisotopic (exact) mass is 235 g/mol. The van der Waals surface area contributed by atoms with Gasteiger partial charge in [0.15, 0.2) is 0 Å². The largest absolute Gasteiger partial charge is 0.481 e. The van der Waals surface area contributed by atoms with Crippen molar-refractivity contribution in [1.82, 2.24) is 5.32 Å². The second kappa shape index (κ2) is 8.76. The zero-order chi connectivity index (χ0) is 12.3. The minimum atomic E-state index is -0.693. The summed E-state index contributed by atoms with van der Waals surface area (Å²) in [6.07, 6.45) is 4.18. The molecular formula is C14H21NO2. The summed E-state index contributed by atoms with van der Waals surface area (Å²) in [4.78, 5) is 10.3. The Morgan fingerprint density at radius 1 is 1.06 bits per heavy atom. The summed E-state index contributed by atoms with van der Waals surface area (Å²) in [5.74, 6) is -0.693.